The molecule has 1 aliphatic rings. The third kappa shape index (κ3) is 3.69. The van der Waals surface area contributed by atoms with Crippen molar-refractivity contribution in [3.05, 3.63) is 65.7 Å². The first-order valence-electron chi connectivity index (χ1n) is 8.78. The minimum absolute atomic E-state index is 0.131. The van der Waals surface area contributed by atoms with Crippen LogP contribution in [0.25, 0.3) is 0 Å². The first-order valence-corrected chi connectivity index (χ1v) is 8.78. The summed E-state index contributed by atoms with van der Waals surface area (Å²) in [5.41, 5.74) is 2.34. The van der Waals surface area contributed by atoms with Gasteiger partial charge in [-0.25, -0.2) is 0 Å². The largest absolute Gasteiger partial charge is 0.496 e. The monoisotopic (exact) mass is 338 g/mol. The molecule has 4 heteroatoms. The molecule has 1 fully saturated rings. The molecule has 4 nitrogen and oxygen atoms in total. The fourth-order valence-corrected chi connectivity index (χ4v) is 3.74. The molecular formula is C21H26N2O2. The molecular weight excluding hydrogens is 312 g/mol. The van der Waals surface area contributed by atoms with Gasteiger partial charge in [-0.3, -0.25) is 4.79 Å². The van der Waals surface area contributed by atoms with Crippen LogP contribution in [0, 0.1) is 5.92 Å². The van der Waals surface area contributed by atoms with E-state index in [4.69, 9.17) is 4.74 Å². The fraction of sp³-hybridized carbons (Fsp3) is 0.381. The maximum atomic E-state index is 12.3. The number of carbonyl (C=O) groups excluding carboxylic acids is 1. The van der Waals surface area contributed by atoms with Crippen LogP contribution in [0.3, 0.4) is 0 Å². The molecule has 3 rings (SSSR count). The number of ether oxygens (including phenoxy) is 1. The summed E-state index contributed by atoms with van der Waals surface area (Å²) < 4.78 is 5.46. The summed E-state index contributed by atoms with van der Waals surface area (Å²) in [5.74, 6) is 1.37. The number of nitrogens with zero attached hydrogens (tertiary/aromatic N) is 1. The summed E-state index contributed by atoms with van der Waals surface area (Å²) in [6.45, 7) is 2.92. The lowest BCUT2D eigenvalue weighted by Crippen LogP contribution is -2.30. The Bertz CT molecular complexity index is 717. The van der Waals surface area contributed by atoms with E-state index in [-0.39, 0.29) is 23.9 Å². The Hall–Kier alpha value is -2.33. The van der Waals surface area contributed by atoms with E-state index in [2.05, 4.69) is 30.4 Å². The number of benzene rings is 2. The third-order valence-corrected chi connectivity index (χ3v) is 5.13. The fourth-order valence-electron chi connectivity index (χ4n) is 3.74. The zero-order valence-corrected chi connectivity index (χ0v) is 15.1. The van der Waals surface area contributed by atoms with Gasteiger partial charge in [0.05, 0.1) is 13.2 Å². The van der Waals surface area contributed by atoms with E-state index < -0.39 is 0 Å². The molecule has 3 atom stereocenters. The Kier molecular flexibility index (Phi) is 5.39. The number of carbonyl (C=O) groups is 1. The van der Waals surface area contributed by atoms with Crippen molar-refractivity contribution in [2.75, 3.05) is 20.7 Å². The van der Waals surface area contributed by atoms with Crippen LogP contribution in [-0.4, -0.2) is 31.5 Å². The van der Waals surface area contributed by atoms with Gasteiger partial charge in [-0.05, 0) is 18.6 Å². The molecule has 1 N–H and O–H groups in total. The highest BCUT2D eigenvalue weighted by Gasteiger charge is 2.38. The van der Waals surface area contributed by atoms with Gasteiger partial charge in [0.1, 0.15) is 5.75 Å². The smallest absolute Gasteiger partial charge is 0.223 e. The zero-order valence-electron chi connectivity index (χ0n) is 15.1. The minimum Gasteiger partial charge on any atom is -0.496 e. The number of rotatable bonds is 6. The van der Waals surface area contributed by atoms with Gasteiger partial charge in [0.15, 0.2) is 0 Å². The van der Waals surface area contributed by atoms with Gasteiger partial charge in [-0.1, -0.05) is 48.5 Å². The minimum atomic E-state index is 0.131. The van der Waals surface area contributed by atoms with E-state index in [1.807, 2.05) is 48.3 Å². The zero-order chi connectivity index (χ0) is 17.8. The first kappa shape index (κ1) is 17.5. The van der Waals surface area contributed by atoms with E-state index >= 15 is 0 Å². The summed E-state index contributed by atoms with van der Waals surface area (Å²) in [4.78, 5) is 14.1. The van der Waals surface area contributed by atoms with Gasteiger partial charge in [0.2, 0.25) is 5.91 Å². The number of methoxy groups -OCH3 is 1. The van der Waals surface area contributed by atoms with E-state index in [0.29, 0.717) is 6.42 Å². The molecule has 0 aliphatic carbocycles. The summed E-state index contributed by atoms with van der Waals surface area (Å²) in [6.07, 6.45) is 0.585. The number of hydrogen-bond donors (Lipinski definition) is 1. The van der Waals surface area contributed by atoms with Crippen molar-refractivity contribution in [1.29, 1.82) is 0 Å². The van der Waals surface area contributed by atoms with Crippen molar-refractivity contribution < 1.29 is 9.53 Å². The lowest BCUT2D eigenvalue weighted by atomic mass is 9.93. The van der Waals surface area contributed by atoms with Crippen LogP contribution in [0.2, 0.25) is 0 Å². The second-order valence-electron chi connectivity index (χ2n) is 6.70. The molecule has 0 radical (unpaired) electrons. The molecule has 0 aromatic heterocycles. The summed E-state index contributed by atoms with van der Waals surface area (Å²) in [6, 6.07) is 18.6. The van der Waals surface area contributed by atoms with Crippen LogP contribution in [0.1, 0.15) is 36.6 Å². The van der Waals surface area contributed by atoms with Crippen molar-refractivity contribution in [2.45, 2.75) is 25.4 Å². The Morgan fingerprint density at radius 1 is 1.16 bits per heavy atom. The first-order chi connectivity index (χ1) is 12.1. The molecule has 2 aromatic carbocycles. The summed E-state index contributed by atoms with van der Waals surface area (Å²) in [7, 11) is 3.60. The number of hydrogen-bond acceptors (Lipinski definition) is 3. The van der Waals surface area contributed by atoms with Crippen molar-refractivity contribution in [2.24, 2.45) is 5.92 Å². The van der Waals surface area contributed by atoms with E-state index in [1.165, 1.54) is 5.56 Å². The molecule has 132 valence electrons. The average molecular weight is 338 g/mol. The standard InChI is InChI=1S/C21H26N2O2/c1-15(18-11-7-8-12-19(18)25-3)22-14-17-13-20(24)23(2)21(17)16-9-5-4-6-10-16/h4-12,15,17,21-22H,13-14H2,1-3H3. The van der Waals surface area contributed by atoms with Crippen molar-refractivity contribution in [3.8, 4) is 5.75 Å². The Balaban J connectivity index is 1.72. The second-order valence-corrected chi connectivity index (χ2v) is 6.70. The molecule has 0 saturated carbocycles. The quantitative estimate of drug-likeness (QED) is 0.875. The Morgan fingerprint density at radius 2 is 1.84 bits per heavy atom. The maximum absolute atomic E-state index is 12.3. The van der Waals surface area contributed by atoms with E-state index in [1.54, 1.807) is 7.11 Å². The molecule has 1 aliphatic heterocycles. The van der Waals surface area contributed by atoms with Crippen LogP contribution in [0.15, 0.2) is 54.6 Å². The lowest BCUT2D eigenvalue weighted by Gasteiger charge is -2.27. The normalized spacial score (nSPS) is 21.4. The molecule has 1 amide bonds. The molecule has 0 bridgehead atoms. The number of para-hydroxylation sites is 1. The molecule has 1 saturated heterocycles. The van der Waals surface area contributed by atoms with Crippen molar-refractivity contribution in [1.82, 2.24) is 10.2 Å². The van der Waals surface area contributed by atoms with Crippen LogP contribution in [0.4, 0.5) is 0 Å². The lowest BCUT2D eigenvalue weighted by molar-refractivity contribution is -0.127. The SMILES string of the molecule is COc1ccccc1C(C)NCC1CC(=O)N(C)C1c1ccccc1. The predicted molar refractivity (Wildman–Crippen MR) is 99.5 cm³/mol. The van der Waals surface area contributed by atoms with Gasteiger partial charge >= 0.3 is 0 Å². The molecule has 2 aromatic rings. The summed E-state index contributed by atoms with van der Waals surface area (Å²) in [5, 5.41) is 3.60. The number of nitrogens with one attached hydrogen (secondary N) is 1. The number of amides is 1. The van der Waals surface area contributed by atoms with Gasteiger partial charge < -0.3 is 15.0 Å². The summed E-state index contributed by atoms with van der Waals surface area (Å²) >= 11 is 0. The predicted octanol–water partition coefficient (Wildman–Crippen LogP) is 3.57. The van der Waals surface area contributed by atoms with Crippen molar-refractivity contribution >= 4 is 5.91 Å². The molecule has 25 heavy (non-hydrogen) atoms. The topological polar surface area (TPSA) is 41.6 Å². The van der Waals surface area contributed by atoms with Crippen LogP contribution in [-0.2, 0) is 4.79 Å². The highest BCUT2D eigenvalue weighted by molar-refractivity contribution is 5.79. The van der Waals surface area contributed by atoms with Crippen LogP contribution in [0.5, 0.6) is 5.75 Å². The van der Waals surface area contributed by atoms with Gasteiger partial charge in [-0.2, -0.15) is 0 Å². The van der Waals surface area contributed by atoms with Crippen LogP contribution >= 0.6 is 0 Å². The van der Waals surface area contributed by atoms with Crippen molar-refractivity contribution in [3.63, 3.8) is 0 Å². The van der Waals surface area contributed by atoms with Crippen LogP contribution < -0.4 is 10.1 Å². The van der Waals surface area contributed by atoms with Gasteiger partial charge in [0.25, 0.3) is 0 Å². The molecule has 1 heterocycles. The average Bonchev–Trinajstić information content (AvgIpc) is 2.94. The van der Waals surface area contributed by atoms with E-state index in [0.717, 1.165) is 17.9 Å². The highest BCUT2D eigenvalue weighted by Crippen LogP contribution is 2.37. The third-order valence-electron chi connectivity index (χ3n) is 5.13. The van der Waals surface area contributed by atoms with Gasteiger partial charge in [-0.15, -0.1) is 0 Å². The van der Waals surface area contributed by atoms with E-state index in [9.17, 15) is 4.79 Å². The molecule has 3 unspecified atom stereocenters. The Morgan fingerprint density at radius 3 is 2.56 bits per heavy atom. The molecule has 0 spiro atoms. The second kappa shape index (κ2) is 7.70. The maximum Gasteiger partial charge on any atom is 0.223 e. The van der Waals surface area contributed by atoms with Gasteiger partial charge in [0, 0.05) is 37.5 Å². The Labute approximate surface area is 149 Å². The highest BCUT2D eigenvalue weighted by atomic mass is 16.5. The number of likely N-dealkylation sites (tertiary alicyclic amines) is 1.